The molecule has 182 valence electrons. The van der Waals surface area contributed by atoms with Gasteiger partial charge in [0.05, 0.1) is 6.61 Å². The number of benzene rings is 4. The molecule has 0 radical (unpaired) electrons. The number of carboxylic acid groups (broad SMARTS) is 1. The second-order valence-corrected chi connectivity index (χ2v) is 8.19. The lowest BCUT2D eigenvalue weighted by molar-refractivity contribution is -0.142. The van der Waals surface area contributed by atoms with Crippen molar-refractivity contribution in [2.45, 2.75) is 18.2 Å². The molecular formula is C30H27NO5. The van der Waals surface area contributed by atoms with Crippen molar-refractivity contribution in [1.82, 2.24) is 5.32 Å². The average molecular weight is 482 g/mol. The van der Waals surface area contributed by atoms with E-state index in [9.17, 15) is 14.7 Å². The molecule has 1 amide bonds. The number of ether oxygens (including phenoxy) is 2. The second-order valence-electron chi connectivity index (χ2n) is 8.19. The largest absolute Gasteiger partial charge is 0.480 e. The molecule has 0 aliphatic rings. The Morgan fingerprint density at radius 3 is 1.53 bits per heavy atom. The van der Waals surface area contributed by atoms with E-state index in [-0.39, 0.29) is 13.2 Å². The van der Waals surface area contributed by atoms with Gasteiger partial charge in [0.25, 0.3) is 0 Å². The number of aliphatic carboxylic acids is 1. The number of carbonyl (C=O) groups is 2. The quantitative estimate of drug-likeness (QED) is 0.297. The van der Waals surface area contributed by atoms with Crippen molar-refractivity contribution in [2.24, 2.45) is 0 Å². The van der Waals surface area contributed by atoms with Crippen LogP contribution in [0.4, 0.5) is 4.79 Å². The first kappa shape index (κ1) is 24.7. The lowest BCUT2D eigenvalue weighted by Crippen LogP contribution is -2.47. The molecule has 0 aromatic heterocycles. The minimum atomic E-state index is -1.33. The van der Waals surface area contributed by atoms with Crippen molar-refractivity contribution in [3.63, 3.8) is 0 Å². The van der Waals surface area contributed by atoms with Crippen molar-refractivity contribution >= 4 is 12.1 Å². The highest BCUT2D eigenvalue weighted by atomic mass is 16.6. The predicted octanol–water partition coefficient (Wildman–Crippen LogP) is 5.37. The molecule has 6 nitrogen and oxygen atoms in total. The number of rotatable bonds is 10. The van der Waals surface area contributed by atoms with Crippen LogP contribution in [0.2, 0.25) is 0 Å². The van der Waals surface area contributed by atoms with Gasteiger partial charge in [-0.3, -0.25) is 0 Å². The molecular weight excluding hydrogens is 454 g/mol. The van der Waals surface area contributed by atoms with Crippen LogP contribution in [-0.2, 0) is 26.5 Å². The number of amides is 1. The van der Waals surface area contributed by atoms with Crippen LogP contribution < -0.4 is 5.32 Å². The Morgan fingerprint density at radius 1 is 0.694 bits per heavy atom. The molecule has 1 atom stereocenters. The summed E-state index contributed by atoms with van der Waals surface area (Å²) in [5.41, 5.74) is 2.19. The molecule has 0 aliphatic heterocycles. The van der Waals surface area contributed by atoms with Gasteiger partial charge in [0.2, 0.25) is 0 Å². The molecule has 4 rings (SSSR count). The molecule has 0 aliphatic carbocycles. The first-order chi connectivity index (χ1) is 17.6. The van der Waals surface area contributed by atoms with Crippen LogP contribution in [0.25, 0.3) is 0 Å². The maximum atomic E-state index is 12.4. The van der Waals surface area contributed by atoms with Gasteiger partial charge in [-0.2, -0.15) is 0 Å². The second kappa shape index (κ2) is 11.8. The summed E-state index contributed by atoms with van der Waals surface area (Å²) in [7, 11) is 0. The summed E-state index contributed by atoms with van der Waals surface area (Å²) in [5.74, 6) is -1.23. The first-order valence-corrected chi connectivity index (χ1v) is 11.6. The minimum absolute atomic E-state index is 0.0296. The minimum Gasteiger partial charge on any atom is -0.480 e. The Labute approximate surface area is 210 Å². The molecule has 0 fully saturated rings. The molecule has 1 unspecified atom stereocenters. The fraction of sp³-hybridized carbons (Fsp3) is 0.133. The summed E-state index contributed by atoms with van der Waals surface area (Å²) in [6.45, 7) is -0.268. The number of nitrogens with one attached hydrogen (secondary N) is 1. The van der Waals surface area contributed by atoms with Gasteiger partial charge in [-0.25, -0.2) is 9.59 Å². The summed E-state index contributed by atoms with van der Waals surface area (Å²) < 4.78 is 11.7. The van der Waals surface area contributed by atoms with Crippen molar-refractivity contribution in [2.75, 3.05) is 6.61 Å². The first-order valence-electron chi connectivity index (χ1n) is 11.6. The fourth-order valence-electron chi connectivity index (χ4n) is 4.06. The van der Waals surface area contributed by atoms with E-state index in [1.54, 1.807) is 0 Å². The van der Waals surface area contributed by atoms with Gasteiger partial charge in [0.15, 0.2) is 6.04 Å². The van der Waals surface area contributed by atoms with Crippen LogP contribution in [0, 0.1) is 0 Å². The summed E-state index contributed by atoms with van der Waals surface area (Å²) in [5, 5.41) is 12.3. The normalized spacial score (nSPS) is 11.9. The Kier molecular flexibility index (Phi) is 8.11. The van der Waals surface area contributed by atoms with Crippen molar-refractivity contribution in [3.05, 3.63) is 144 Å². The van der Waals surface area contributed by atoms with Gasteiger partial charge in [0.1, 0.15) is 12.2 Å². The van der Waals surface area contributed by atoms with E-state index < -0.39 is 23.7 Å². The lowest BCUT2D eigenvalue weighted by atomic mass is 9.80. The van der Waals surface area contributed by atoms with Crippen LogP contribution >= 0.6 is 0 Å². The standard InChI is InChI=1S/C30H27NO5/c32-28(33)27(31-29(34)35-21-23-13-5-1-6-14-23)22-36-30(24-15-7-2-8-16-24,25-17-9-3-10-18-25)26-19-11-4-12-20-26/h1-20,27H,21-22H2,(H,31,34)(H,32,33). The molecule has 2 N–H and O–H groups in total. The predicted molar refractivity (Wildman–Crippen MR) is 136 cm³/mol. The van der Waals surface area contributed by atoms with Gasteiger partial charge in [-0.05, 0) is 22.3 Å². The topological polar surface area (TPSA) is 84.9 Å². The smallest absolute Gasteiger partial charge is 0.408 e. The zero-order valence-corrected chi connectivity index (χ0v) is 19.6. The van der Waals surface area contributed by atoms with Crippen LogP contribution in [0.15, 0.2) is 121 Å². The highest BCUT2D eigenvalue weighted by molar-refractivity contribution is 5.80. The van der Waals surface area contributed by atoms with Crippen LogP contribution in [0.5, 0.6) is 0 Å². The van der Waals surface area contributed by atoms with Crippen LogP contribution in [-0.4, -0.2) is 29.8 Å². The maximum absolute atomic E-state index is 12.4. The number of hydrogen-bond acceptors (Lipinski definition) is 4. The van der Waals surface area contributed by atoms with E-state index in [1.165, 1.54) is 0 Å². The molecule has 6 heteroatoms. The zero-order valence-electron chi connectivity index (χ0n) is 19.6. The molecule has 0 heterocycles. The molecule has 0 bridgehead atoms. The highest BCUT2D eigenvalue weighted by Crippen LogP contribution is 2.40. The summed E-state index contributed by atoms with van der Waals surface area (Å²) in [6, 6.07) is 36.7. The Balaban J connectivity index is 1.61. The van der Waals surface area contributed by atoms with Crippen molar-refractivity contribution in [3.8, 4) is 0 Å². The average Bonchev–Trinajstić information content (AvgIpc) is 2.94. The third kappa shape index (κ3) is 5.79. The molecule has 36 heavy (non-hydrogen) atoms. The highest BCUT2D eigenvalue weighted by Gasteiger charge is 2.39. The van der Waals surface area contributed by atoms with Gasteiger partial charge < -0.3 is 19.9 Å². The molecule has 0 spiro atoms. The van der Waals surface area contributed by atoms with E-state index >= 15 is 0 Å². The third-order valence-corrected chi connectivity index (χ3v) is 5.81. The summed E-state index contributed by atoms with van der Waals surface area (Å²) >= 11 is 0. The maximum Gasteiger partial charge on any atom is 0.408 e. The van der Waals surface area contributed by atoms with E-state index in [1.807, 2.05) is 121 Å². The number of carboxylic acids is 1. The third-order valence-electron chi connectivity index (χ3n) is 5.81. The molecule has 0 saturated carbocycles. The van der Waals surface area contributed by atoms with Gasteiger partial charge >= 0.3 is 12.1 Å². The monoisotopic (exact) mass is 481 g/mol. The number of carbonyl (C=O) groups excluding carboxylic acids is 1. The zero-order chi connectivity index (χ0) is 25.2. The Bertz CT molecular complexity index is 1150. The van der Waals surface area contributed by atoms with E-state index in [2.05, 4.69) is 5.32 Å². The molecule has 0 saturated heterocycles. The van der Waals surface area contributed by atoms with Crippen LogP contribution in [0.1, 0.15) is 22.3 Å². The fourth-order valence-corrected chi connectivity index (χ4v) is 4.06. The summed E-state index contributed by atoms with van der Waals surface area (Å²) in [6.07, 6.45) is -0.834. The number of hydrogen-bond donors (Lipinski definition) is 2. The number of alkyl carbamates (subject to hydrolysis) is 1. The SMILES string of the molecule is O=C(NC(COC(c1ccccc1)(c1ccccc1)c1ccccc1)C(=O)O)OCc1ccccc1. The Morgan fingerprint density at radius 2 is 1.11 bits per heavy atom. The van der Waals surface area contributed by atoms with Crippen LogP contribution in [0.3, 0.4) is 0 Å². The summed E-state index contributed by atoms with van der Waals surface area (Å²) in [4.78, 5) is 24.5. The van der Waals surface area contributed by atoms with Crippen molar-refractivity contribution < 1.29 is 24.2 Å². The van der Waals surface area contributed by atoms with E-state index in [4.69, 9.17) is 9.47 Å². The molecule has 4 aromatic rings. The van der Waals surface area contributed by atoms with Crippen molar-refractivity contribution in [1.29, 1.82) is 0 Å². The van der Waals surface area contributed by atoms with E-state index in [0.29, 0.717) is 0 Å². The van der Waals surface area contributed by atoms with E-state index in [0.717, 1.165) is 22.3 Å². The van der Waals surface area contributed by atoms with Gasteiger partial charge in [-0.1, -0.05) is 121 Å². The van der Waals surface area contributed by atoms with Gasteiger partial charge in [-0.15, -0.1) is 0 Å². The van der Waals surface area contributed by atoms with Gasteiger partial charge in [0, 0.05) is 0 Å². The Hall–Kier alpha value is -4.42. The molecule has 4 aromatic carbocycles. The lowest BCUT2D eigenvalue weighted by Gasteiger charge is -2.36.